The van der Waals surface area contributed by atoms with Crippen LogP contribution in [0.2, 0.25) is 0 Å². The van der Waals surface area contributed by atoms with Gasteiger partial charge < -0.3 is 5.73 Å². The number of hydrogen-bond acceptors (Lipinski definition) is 3. The summed E-state index contributed by atoms with van der Waals surface area (Å²) in [5, 5.41) is 11.9. The zero-order valence-corrected chi connectivity index (χ0v) is 4.78. The number of nitrogen functional groups attached to an aromatic ring is 1. The van der Waals surface area contributed by atoms with Crippen LogP contribution in [-0.2, 0) is 6.54 Å². The van der Waals surface area contributed by atoms with Gasteiger partial charge in [0.25, 0.3) is 0 Å². The molecule has 0 spiro atoms. The van der Waals surface area contributed by atoms with Crippen LogP contribution in [0.1, 0.15) is 0 Å². The number of anilines is 1. The Labute approximate surface area is 52.5 Å². The van der Waals surface area contributed by atoms with E-state index in [4.69, 9.17) is 11.0 Å². The lowest BCUT2D eigenvalue weighted by atomic mass is 10.6. The van der Waals surface area contributed by atoms with Gasteiger partial charge in [-0.3, -0.25) is 4.68 Å². The average Bonchev–Trinajstić information content (AvgIpc) is 2.17. The van der Waals surface area contributed by atoms with Crippen molar-refractivity contribution in [3.05, 3.63) is 12.3 Å². The molecule has 0 aliphatic rings. The van der Waals surface area contributed by atoms with Crippen LogP contribution in [0, 0.1) is 11.3 Å². The van der Waals surface area contributed by atoms with E-state index < -0.39 is 0 Å². The largest absolute Gasteiger partial charge is 0.382 e. The normalized spacial score (nSPS) is 8.78. The van der Waals surface area contributed by atoms with E-state index in [0.29, 0.717) is 5.82 Å². The average molecular weight is 122 g/mol. The maximum absolute atomic E-state index is 8.18. The van der Waals surface area contributed by atoms with Crippen molar-refractivity contribution in [3.63, 3.8) is 0 Å². The molecule has 0 radical (unpaired) electrons. The molecule has 1 aromatic rings. The molecule has 0 atom stereocenters. The van der Waals surface area contributed by atoms with Crippen LogP contribution >= 0.6 is 0 Å². The molecular weight excluding hydrogens is 116 g/mol. The smallest absolute Gasteiger partial charge is 0.145 e. The Balaban J connectivity index is 2.76. The molecule has 2 N–H and O–H groups in total. The number of hydrogen-bond donors (Lipinski definition) is 1. The summed E-state index contributed by atoms with van der Waals surface area (Å²) in [4.78, 5) is 0. The highest BCUT2D eigenvalue weighted by Gasteiger charge is 1.89. The summed E-state index contributed by atoms with van der Waals surface area (Å²) in [6.45, 7) is 0.261. The van der Waals surface area contributed by atoms with Crippen molar-refractivity contribution in [1.82, 2.24) is 9.78 Å². The van der Waals surface area contributed by atoms with E-state index in [1.807, 2.05) is 6.07 Å². The number of nitrogens with two attached hydrogens (primary N) is 1. The van der Waals surface area contributed by atoms with Crippen LogP contribution in [0.3, 0.4) is 0 Å². The number of aromatic nitrogens is 2. The molecule has 0 saturated carbocycles. The van der Waals surface area contributed by atoms with Crippen molar-refractivity contribution < 1.29 is 0 Å². The van der Waals surface area contributed by atoms with Crippen molar-refractivity contribution in [2.24, 2.45) is 0 Å². The van der Waals surface area contributed by atoms with Crippen molar-refractivity contribution in [1.29, 1.82) is 5.26 Å². The van der Waals surface area contributed by atoms with E-state index in [9.17, 15) is 0 Å². The minimum Gasteiger partial charge on any atom is -0.382 e. The first-order valence-corrected chi connectivity index (χ1v) is 2.49. The third-order valence-electron chi connectivity index (χ3n) is 0.894. The summed E-state index contributed by atoms with van der Waals surface area (Å²) in [7, 11) is 0. The molecule has 0 aliphatic carbocycles. The Morgan fingerprint density at radius 2 is 2.67 bits per heavy atom. The minimum atomic E-state index is 0.261. The summed E-state index contributed by atoms with van der Waals surface area (Å²) < 4.78 is 1.48. The second-order valence-corrected chi connectivity index (χ2v) is 1.60. The van der Waals surface area contributed by atoms with E-state index in [2.05, 4.69) is 5.10 Å². The monoisotopic (exact) mass is 122 g/mol. The Morgan fingerprint density at radius 3 is 3.11 bits per heavy atom. The molecule has 9 heavy (non-hydrogen) atoms. The Hall–Kier alpha value is -1.50. The van der Waals surface area contributed by atoms with Crippen LogP contribution in [-0.4, -0.2) is 9.78 Å². The molecule has 4 nitrogen and oxygen atoms in total. The summed E-state index contributed by atoms with van der Waals surface area (Å²) in [5.74, 6) is 0.449. The lowest BCUT2D eigenvalue weighted by Crippen LogP contribution is -1.96. The van der Waals surface area contributed by atoms with Gasteiger partial charge in [-0.25, -0.2) is 0 Å². The quantitative estimate of drug-likeness (QED) is 0.569. The highest BCUT2D eigenvalue weighted by atomic mass is 15.3. The van der Waals surface area contributed by atoms with Gasteiger partial charge in [0.15, 0.2) is 0 Å². The Morgan fingerprint density at radius 1 is 1.89 bits per heavy atom. The first-order valence-electron chi connectivity index (χ1n) is 2.49. The summed E-state index contributed by atoms with van der Waals surface area (Å²) >= 11 is 0. The Bertz CT molecular complexity index is 231. The first-order chi connectivity index (χ1) is 4.33. The zero-order chi connectivity index (χ0) is 6.69. The van der Waals surface area contributed by atoms with Gasteiger partial charge in [-0.2, -0.15) is 10.4 Å². The summed E-state index contributed by atoms with van der Waals surface area (Å²) in [6.07, 6.45) is 1.67. The molecule has 0 aliphatic heterocycles. The molecule has 0 saturated heterocycles. The van der Waals surface area contributed by atoms with Crippen molar-refractivity contribution in [3.8, 4) is 6.07 Å². The SMILES string of the molecule is N#CCn1ccc(N)n1. The predicted octanol–water partition coefficient (Wildman–Crippen LogP) is -0.0111. The van der Waals surface area contributed by atoms with Gasteiger partial charge in [-0.1, -0.05) is 0 Å². The highest BCUT2D eigenvalue weighted by molar-refractivity contribution is 5.23. The van der Waals surface area contributed by atoms with Crippen molar-refractivity contribution in [2.75, 3.05) is 5.73 Å². The van der Waals surface area contributed by atoms with Crippen LogP contribution < -0.4 is 5.73 Å². The molecule has 1 heterocycles. The third kappa shape index (κ3) is 1.19. The summed E-state index contributed by atoms with van der Waals surface area (Å²) in [6, 6.07) is 3.59. The molecule has 1 aromatic heterocycles. The molecule has 0 bridgehead atoms. The van der Waals surface area contributed by atoms with Gasteiger partial charge in [0.2, 0.25) is 0 Å². The maximum atomic E-state index is 8.18. The minimum absolute atomic E-state index is 0.261. The lowest BCUT2D eigenvalue weighted by Gasteiger charge is -1.86. The first kappa shape index (κ1) is 5.63. The fourth-order valence-corrected chi connectivity index (χ4v) is 0.538. The molecule has 0 fully saturated rings. The Kier molecular flexibility index (Phi) is 1.36. The highest BCUT2D eigenvalue weighted by Crippen LogP contribution is 1.93. The van der Waals surface area contributed by atoms with E-state index in [1.165, 1.54) is 4.68 Å². The molecule has 1 rings (SSSR count). The second kappa shape index (κ2) is 2.18. The van der Waals surface area contributed by atoms with E-state index in [0.717, 1.165) is 0 Å². The van der Waals surface area contributed by atoms with Crippen LogP contribution in [0.15, 0.2) is 12.3 Å². The molecule has 0 unspecified atom stereocenters. The number of rotatable bonds is 1. The predicted molar refractivity (Wildman–Crippen MR) is 32.3 cm³/mol. The van der Waals surface area contributed by atoms with Crippen molar-refractivity contribution >= 4 is 5.82 Å². The zero-order valence-electron chi connectivity index (χ0n) is 4.78. The van der Waals surface area contributed by atoms with Gasteiger partial charge in [0.05, 0.1) is 6.07 Å². The van der Waals surface area contributed by atoms with Crippen LogP contribution in [0.5, 0.6) is 0 Å². The maximum Gasteiger partial charge on any atom is 0.145 e. The van der Waals surface area contributed by atoms with Crippen LogP contribution in [0.25, 0.3) is 0 Å². The molecule has 0 amide bonds. The topological polar surface area (TPSA) is 67.6 Å². The van der Waals surface area contributed by atoms with E-state index >= 15 is 0 Å². The standard InChI is InChI=1S/C5H6N4/c6-2-4-9-3-1-5(7)8-9/h1,3H,4H2,(H2,7,8). The summed E-state index contributed by atoms with van der Waals surface area (Å²) in [5.41, 5.74) is 5.27. The van der Waals surface area contributed by atoms with Crippen molar-refractivity contribution in [2.45, 2.75) is 6.54 Å². The van der Waals surface area contributed by atoms with E-state index in [-0.39, 0.29) is 6.54 Å². The van der Waals surface area contributed by atoms with Gasteiger partial charge in [0, 0.05) is 6.20 Å². The fraction of sp³-hybridized carbons (Fsp3) is 0.200. The third-order valence-corrected chi connectivity index (χ3v) is 0.894. The second-order valence-electron chi connectivity index (χ2n) is 1.60. The van der Waals surface area contributed by atoms with Gasteiger partial charge >= 0.3 is 0 Å². The van der Waals surface area contributed by atoms with Gasteiger partial charge in [0.1, 0.15) is 12.4 Å². The fourth-order valence-electron chi connectivity index (χ4n) is 0.538. The van der Waals surface area contributed by atoms with Gasteiger partial charge in [-0.05, 0) is 6.07 Å². The molecule has 0 aromatic carbocycles. The lowest BCUT2D eigenvalue weighted by molar-refractivity contribution is 0.713. The molecular formula is C5H6N4. The van der Waals surface area contributed by atoms with E-state index in [1.54, 1.807) is 12.3 Å². The van der Waals surface area contributed by atoms with Gasteiger partial charge in [-0.15, -0.1) is 0 Å². The molecule has 46 valence electrons. The number of nitriles is 1. The number of nitrogens with zero attached hydrogens (tertiary/aromatic N) is 3. The molecule has 4 heteroatoms. The van der Waals surface area contributed by atoms with Crippen LogP contribution in [0.4, 0.5) is 5.82 Å².